The molecule has 1 aliphatic rings. The molecule has 1 atom stereocenters. The highest BCUT2D eigenvalue weighted by Gasteiger charge is 2.31. The minimum Gasteiger partial charge on any atom is -0.303 e. The quantitative estimate of drug-likeness (QED) is 0.818. The van der Waals surface area contributed by atoms with Gasteiger partial charge in [-0.3, -0.25) is 4.98 Å². The molecule has 1 aliphatic heterocycles. The molecular weight excluding hydrogens is 391 g/mol. The number of nitrogens with one attached hydrogen (secondary N) is 1. The van der Waals surface area contributed by atoms with Crippen molar-refractivity contribution >= 4 is 10.0 Å². The van der Waals surface area contributed by atoms with Crippen LogP contribution in [0.1, 0.15) is 35.6 Å². The second-order valence-electron chi connectivity index (χ2n) is 6.94. The van der Waals surface area contributed by atoms with Gasteiger partial charge < -0.3 is 5.32 Å². The first-order valence-electron chi connectivity index (χ1n) is 8.93. The van der Waals surface area contributed by atoms with E-state index < -0.39 is 21.8 Å². The molecule has 28 heavy (non-hydrogen) atoms. The van der Waals surface area contributed by atoms with Gasteiger partial charge in [0.05, 0.1) is 17.9 Å². The number of pyridine rings is 1. The number of piperidine rings is 1. The Balaban J connectivity index is 1.79. The zero-order valence-electron chi connectivity index (χ0n) is 15.4. The van der Waals surface area contributed by atoms with Gasteiger partial charge >= 0.3 is 6.18 Å². The highest BCUT2D eigenvalue weighted by Crippen LogP contribution is 2.31. The molecule has 2 aromatic rings. The Kier molecular flexibility index (Phi) is 6.07. The van der Waals surface area contributed by atoms with Crippen LogP contribution in [0.4, 0.5) is 13.2 Å². The van der Waals surface area contributed by atoms with Crippen molar-refractivity contribution in [1.29, 1.82) is 0 Å². The molecule has 2 heterocycles. The zero-order valence-corrected chi connectivity index (χ0v) is 16.2. The molecule has 0 aliphatic carbocycles. The van der Waals surface area contributed by atoms with Crippen LogP contribution < -0.4 is 5.32 Å². The average molecular weight is 413 g/mol. The molecule has 0 amide bonds. The summed E-state index contributed by atoms with van der Waals surface area (Å²) in [5.41, 5.74) is 0.849. The number of hydrogen-bond donors (Lipinski definition) is 1. The largest absolute Gasteiger partial charge is 0.416 e. The topological polar surface area (TPSA) is 62.3 Å². The number of benzene rings is 1. The minimum atomic E-state index is -4.38. The Morgan fingerprint density at radius 3 is 2.25 bits per heavy atom. The number of alkyl halides is 3. The molecule has 152 valence electrons. The van der Waals surface area contributed by atoms with Gasteiger partial charge in [-0.25, -0.2) is 12.7 Å². The summed E-state index contributed by atoms with van der Waals surface area (Å²) in [6.45, 7) is 0.840. The molecule has 1 N–H and O–H groups in total. The SMILES string of the molecule is CS(=O)(=O)N1CCC(NC(c2ccc(C(F)(F)F)cc2)c2cccnc2)CC1. The van der Waals surface area contributed by atoms with Crippen LogP contribution in [-0.2, 0) is 16.2 Å². The maximum atomic E-state index is 12.9. The summed E-state index contributed by atoms with van der Waals surface area (Å²) < 4.78 is 63.4. The molecular formula is C19H22F3N3O2S. The molecule has 0 radical (unpaired) electrons. The van der Waals surface area contributed by atoms with E-state index in [1.807, 2.05) is 6.07 Å². The Labute approximate surface area is 162 Å². The Morgan fingerprint density at radius 1 is 1.11 bits per heavy atom. The molecule has 1 unspecified atom stereocenters. The van der Waals surface area contributed by atoms with Crippen molar-refractivity contribution in [3.8, 4) is 0 Å². The molecule has 9 heteroatoms. The standard InChI is InChI=1S/C19H22F3N3O2S/c1-28(26,27)25-11-8-17(9-12-25)24-18(15-3-2-10-23-13-15)14-4-6-16(7-5-14)19(20,21)22/h2-7,10,13,17-18,24H,8-9,11-12H2,1H3. The molecule has 1 fully saturated rings. The van der Waals surface area contributed by atoms with E-state index in [1.54, 1.807) is 18.5 Å². The summed E-state index contributed by atoms with van der Waals surface area (Å²) in [6.07, 6.45) is 1.39. The van der Waals surface area contributed by atoms with Gasteiger partial charge in [0.25, 0.3) is 0 Å². The van der Waals surface area contributed by atoms with E-state index >= 15 is 0 Å². The fraction of sp³-hybridized carbons (Fsp3) is 0.421. The zero-order chi connectivity index (χ0) is 20.4. The second kappa shape index (κ2) is 8.18. The van der Waals surface area contributed by atoms with Gasteiger partial charge in [-0.05, 0) is 42.2 Å². The smallest absolute Gasteiger partial charge is 0.303 e. The first-order valence-corrected chi connectivity index (χ1v) is 10.8. The van der Waals surface area contributed by atoms with E-state index in [0.29, 0.717) is 31.5 Å². The van der Waals surface area contributed by atoms with Crippen LogP contribution in [0, 0.1) is 0 Å². The number of aromatic nitrogens is 1. The molecule has 3 rings (SSSR count). The van der Waals surface area contributed by atoms with Crippen LogP contribution in [0.3, 0.4) is 0 Å². The van der Waals surface area contributed by atoms with Crippen LogP contribution in [0.25, 0.3) is 0 Å². The molecule has 0 saturated carbocycles. The van der Waals surface area contributed by atoms with Crippen molar-refractivity contribution in [2.75, 3.05) is 19.3 Å². The van der Waals surface area contributed by atoms with E-state index in [9.17, 15) is 21.6 Å². The van der Waals surface area contributed by atoms with Crippen LogP contribution in [0.5, 0.6) is 0 Å². The van der Waals surface area contributed by atoms with E-state index in [0.717, 1.165) is 17.7 Å². The normalized spacial score (nSPS) is 18.1. The monoisotopic (exact) mass is 413 g/mol. The van der Waals surface area contributed by atoms with E-state index in [4.69, 9.17) is 0 Å². The van der Waals surface area contributed by atoms with Crippen LogP contribution >= 0.6 is 0 Å². The minimum absolute atomic E-state index is 0.0468. The van der Waals surface area contributed by atoms with Crippen molar-refractivity contribution < 1.29 is 21.6 Å². The van der Waals surface area contributed by atoms with Gasteiger partial charge in [0.2, 0.25) is 10.0 Å². The Hall–Kier alpha value is -1.97. The highest BCUT2D eigenvalue weighted by atomic mass is 32.2. The third-order valence-electron chi connectivity index (χ3n) is 4.91. The Bertz CT molecular complexity index is 879. The number of nitrogens with zero attached hydrogens (tertiary/aromatic N) is 2. The molecule has 1 saturated heterocycles. The summed E-state index contributed by atoms with van der Waals surface area (Å²) in [7, 11) is -3.21. The third kappa shape index (κ3) is 5.09. The summed E-state index contributed by atoms with van der Waals surface area (Å²) in [5.74, 6) is 0. The third-order valence-corrected chi connectivity index (χ3v) is 6.22. The lowest BCUT2D eigenvalue weighted by Gasteiger charge is -2.33. The summed E-state index contributed by atoms with van der Waals surface area (Å²) in [5, 5.41) is 3.48. The lowest BCUT2D eigenvalue weighted by atomic mass is 9.96. The highest BCUT2D eigenvalue weighted by molar-refractivity contribution is 7.88. The lowest BCUT2D eigenvalue weighted by molar-refractivity contribution is -0.137. The molecule has 5 nitrogen and oxygen atoms in total. The molecule has 1 aromatic carbocycles. The second-order valence-corrected chi connectivity index (χ2v) is 8.92. The van der Waals surface area contributed by atoms with Gasteiger partial charge in [0, 0.05) is 31.5 Å². The lowest BCUT2D eigenvalue weighted by Crippen LogP contribution is -2.45. The van der Waals surface area contributed by atoms with Crippen molar-refractivity contribution in [2.24, 2.45) is 0 Å². The fourth-order valence-corrected chi connectivity index (χ4v) is 4.26. The van der Waals surface area contributed by atoms with Crippen molar-refractivity contribution in [3.05, 3.63) is 65.5 Å². The van der Waals surface area contributed by atoms with Gasteiger partial charge in [-0.1, -0.05) is 18.2 Å². The number of rotatable bonds is 5. The predicted octanol–water partition coefficient (Wildman–Crippen LogP) is 3.20. The number of halogens is 3. The maximum absolute atomic E-state index is 12.9. The summed E-state index contributed by atoms with van der Waals surface area (Å²) in [4.78, 5) is 4.12. The van der Waals surface area contributed by atoms with Crippen molar-refractivity contribution in [2.45, 2.75) is 31.1 Å². The predicted molar refractivity (Wildman–Crippen MR) is 100 cm³/mol. The van der Waals surface area contributed by atoms with Gasteiger partial charge in [-0.2, -0.15) is 13.2 Å². The van der Waals surface area contributed by atoms with Gasteiger partial charge in [-0.15, -0.1) is 0 Å². The van der Waals surface area contributed by atoms with Crippen LogP contribution in [-0.4, -0.2) is 43.1 Å². The van der Waals surface area contributed by atoms with E-state index in [-0.39, 0.29) is 12.1 Å². The molecule has 0 bridgehead atoms. The van der Waals surface area contributed by atoms with E-state index in [1.165, 1.54) is 22.7 Å². The average Bonchev–Trinajstić information content (AvgIpc) is 2.66. The van der Waals surface area contributed by atoms with Gasteiger partial charge in [0.1, 0.15) is 0 Å². The van der Waals surface area contributed by atoms with Crippen molar-refractivity contribution in [1.82, 2.24) is 14.6 Å². The van der Waals surface area contributed by atoms with E-state index in [2.05, 4.69) is 10.3 Å². The van der Waals surface area contributed by atoms with Crippen LogP contribution in [0.15, 0.2) is 48.8 Å². The number of hydrogen-bond acceptors (Lipinski definition) is 4. The maximum Gasteiger partial charge on any atom is 0.416 e. The summed E-state index contributed by atoms with van der Waals surface area (Å²) in [6, 6.07) is 8.46. The fourth-order valence-electron chi connectivity index (χ4n) is 3.39. The molecule has 1 aromatic heterocycles. The Morgan fingerprint density at radius 2 is 1.75 bits per heavy atom. The number of sulfonamides is 1. The molecule has 0 spiro atoms. The summed E-state index contributed by atoms with van der Waals surface area (Å²) >= 11 is 0. The first-order chi connectivity index (χ1) is 13.1. The van der Waals surface area contributed by atoms with Crippen LogP contribution in [0.2, 0.25) is 0 Å². The van der Waals surface area contributed by atoms with Crippen molar-refractivity contribution in [3.63, 3.8) is 0 Å². The van der Waals surface area contributed by atoms with Gasteiger partial charge in [0.15, 0.2) is 0 Å². The first kappa shape index (κ1) is 20.8.